The molecule has 0 saturated heterocycles. The zero-order valence-electron chi connectivity index (χ0n) is 13.1. The molecule has 3 unspecified atom stereocenters. The first-order valence-corrected chi connectivity index (χ1v) is 7.64. The van der Waals surface area contributed by atoms with Crippen LogP contribution in [0.15, 0.2) is 12.4 Å². The van der Waals surface area contributed by atoms with Crippen LogP contribution >= 0.6 is 0 Å². The maximum absolute atomic E-state index is 12.0. The van der Waals surface area contributed by atoms with E-state index in [0.29, 0.717) is 11.5 Å². The Morgan fingerprint density at radius 2 is 2.24 bits per heavy atom. The number of hydrogen-bond acceptors (Lipinski definition) is 3. The van der Waals surface area contributed by atoms with Gasteiger partial charge in [-0.3, -0.25) is 4.68 Å². The molecule has 2 rings (SSSR count). The molecule has 0 radical (unpaired) electrons. The summed E-state index contributed by atoms with van der Waals surface area (Å²) in [5.41, 5.74) is -0.430. The van der Waals surface area contributed by atoms with E-state index in [1.807, 2.05) is 0 Å². The maximum atomic E-state index is 12.0. The molecule has 1 aliphatic rings. The molecular weight excluding hydrogens is 268 g/mol. The normalized spacial score (nSPS) is 25.1. The summed E-state index contributed by atoms with van der Waals surface area (Å²) in [7, 11) is 1.80. The lowest BCUT2D eigenvalue weighted by molar-refractivity contribution is 0.0590. The van der Waals surface area contributed by atoms with Crippen molar-refractivity contribution in [2.75, 3.05) is 6.54 Å². The summed E-state index contributed by atoms with van der Waals surface area (Å²) >= 11 is 0. The number of aromatic nitrogens is 2. The Bertz CT molecular complexity index is 484. The van der Waals surface area contributed by atoms with Gasteiger partial charge in [0.1, 0.15) is 5.60 Å². The molecule has 1 heterocycles. The van der Waals surface area contributed by atoms with Gasteiger partial charge in [0, 0.05) is 24.8 Å². The van der Waals surface area contributed by atoms with Crippen LogP contribution in [0.2, 0.25) is 0 Å². The number of amides is 2. The summed E-state index contributed by atoms with van der Waals surface area (Å²) in [4.78, 5) is 12.0. The third-order valence-electron chi connectivity index (χ3n) is 4.35. The molecule has 1 saturated carbocycles. The van der Waals surface area contributed by atoms with Crippen LogP contribution in [0, 0.1) is 5.92 Å². The number of carbonyl (C=O) groups excluding carboxylic acids is 1. The summed E-state index contributed by atoms with van der Waals surface area (Å²) in [6.07, 6.45) is 7.98. The highest BCUT2D eigenvalue weighted by Crippen LogP contribution is 2.23. The molecule has 0 aliphatic heterocycles. The Morgan fingerprint density at radius 1 is 1.52 bits per heavy atom. The summed E-state index contributed by atoms with van der Waals surface area (Å²) < 4.78 is 1.63. The molecule has 0 aromatic carbocycles. The first kappa shape index (κ1) is 15.8. The predicted molar refractivity (Wildman–Crippen MR) is 80.7 cm³/mol. The van der Waals surface area contributed by atoms with Gasteiger partial charge in [0.25, 0.3) is 0 Å². The number of rotatable bonds is 4. The number of aliphatic hydroxyl groups is 1. The molecule has 3 atom stereocenters. The minimum atomic E-state index is -1.12. The topological polar surface area (TPSA) is 79.2 Å². The zero-order valence-corrected chi connectivity index (χ0v) is 13.1. The molecule has 1 aliphatic carbocycles. The highest BCUT2D eigenvalue weighted by atomic mass is 16.3. The number of aryl methyl sites for hydroxylation is 1. The van der Waals surface area contributed by atoms with Crippen LogP contribution in [0.25, 0.3) is 0 Å². The van der Waals surface area contributed by atoms with Gasteiger partial charge < -0.3 is 15.7 Å². The Balaban J connectivity index is 1.83. The predicted octanol–water partition coefficient (Wildman–Crippen LogP) is 1.51. The van der Waals surface area contributed by atoms with E-state index in [2.05, 4.69) is 22.7 Å². The van der Waals surface area contributed by atoms with E-state index < -0.39 is 5.60 Å². The van der Waals surface area contributed by atoms with Crippen molar-refractivity contribution in [3.05, 3.63) is 18.0 Å². The van der Waals surface area contributed by atoms with Crippen molar-refractivity contribution >= 4 is 6.03 Å². The summed E-state index contributed by atoms with van der Waals surface area (Å²) in [6.45, 7) is 4.01. The van der Waals surface area contributed by atoms with Gasteiger partial charge in [0.15, 0.2) is 0 Å². The van der Waals surface area contributed by atoms with Crippen molar-refractivity contribution < 1.29 is 9.90 Å². The van der Waals surface area contributed by atoms with E-state index in [4.69, 9.17) is 0 Å². The molecule has 0 bridgehead atoms. The first-order valence-electron chi connectivity index (χ1n) is 7.64. The molecular formula is C15H26N4O2. The Labute approximate surface area is 125 Å². The Hall–Kier alpha value is -1.56. The number of carbonyl (C=O) groups is 1. The molecule has 0 spiro atoms. The van der Waals surface area contributed by atoms with Crippen molar-refractivity contribution in [2.45, 2.75) is 51.2 Å². The minimum absolute atomic E-state index is 0.158. The largest absolute Gasteiger partial charge is 0.383 e. The number of urea groups is 1. The number of hydrogen-bond donors (Lipinski definition) is 3. The highest BCUT2D eigenvalue weighted by Gasteiger charge is 2.27. The van der Waals surface area contributed by atoms with E-state index in [-0.39, 0.29) is 18.6 Å². The molecule has 6 nitrogen and oxygen atoms in total. The van der Waals surface area contributed by atoms with Crippen molar-refractivity contribution in [2.24, 2.45) is 13.0 Å². The van der Waals surface area contributed by atoms with Gasteiger partial charge in [-0.05, 0) is 25.7 Å². The van der Waals surface area contributed by atoms with Gasteiger partial charge in [-0.25, -0.2) is 4.79 Å². The van der Waals surface area contributed by atoms with E-state index >= 15 is 0 Å². The fraction of sp³-hybridized carbons (Fsp3) is 0.733. The van der Waals surface area contributed by atoms with Crippen LogP contribution in [-0.2, 0) is 12.6 Å². The molecule has 1 fully saturated rings. The third kappa shape index (κ3) is 4.20. The van der Waals surface area contributed by atoms with Gasteiger partial charge in [0.2, 0.25) is 0 Å². The molecule has 2 amide bonds. The van der Waals surface area contributed by atoms with E-state index in [1.165, 1.54) is 19.3 Å². The third-order valence-corrected chi connectivity index (χ3v) is 4.35. The monoisotopic (exact) mass is 294 g/mol. The van der Waals surface area contributed by atoms with E-state index in [1.54, 1.807) is 31.0 Å². The van der Waals surface area contributed by atoms with Crippen LogP contribution in [0.4, 0.5) is 4.79 Å². The number of nitrogens with zero attached hydrogens (tertiary/aromatic N) is 2. The summed E-state index contributed by atoms with van der Waals surface area (Å²) in [5, 5.41) is 20.2. The molecule has 3 N–H and O–H groups in total. The van der Waals surface area contributed by atoms with Gasteiger partial charge in [0.05, 0.1) is 12.7 Å². The van der Waals surface area contributed by atoms with Gasteiger partial charge >= 0.3 is 6.03 Å². The SMILES string of the molecule is CC1CCCCC1NC(=O)NCC(C)(O)c1cnn(C)c1. The standard InChI is InChI=1S/C15H26N4O2/c1-11-6-4-5-7-13(11)18-14(20)16-10-15(2,21)12-8-17-19(3)9-12/h8-9,11,13,21H,4-7,10H2,1-3H3,(H2,16,18,20). The van der Waals surface area contributed by atoms with Crippen LogP contribution in [0.5, 0.6) is 0 Å². The Kier molecular flexibility index (Phi) is 4.88. The Morgan fingerprint density at radius 3 is 2.86 bits per heavy atom. The molecule has 1 aromatic heterocycles. The van der Waals surface area contributed by atoms with Crippen molar-refractivity contribution in [1.82, 2.24) is 20.4 Å². The fourth-order valence-electron chi connectivity index (χ4n) is 2.80. The average molecular weight is 294 g/mol. The number of nitrogens with one attached hydrogen (secondary N) is 2. The minimum Gasteiger partial charge on any atom is -0.383 e. The smallest absolute Gasteiger partial charge is 0.315 e. The molecule has 118 valence electrons. The lowest BCUT2D eigenvalue weighted by Crippen LogP contribution is -2.49. The average Bonchev–Trinajstić information content (AvgIpc) is 2.87. The molecule has 1 aromatic rings. The zero-order chi connectivity index (χ0) is 15.5. The highest BCUT2D eigenvalue weighted by molar-refractivity contribution is 5.74. The summed E-state index contributed by atoms with van der Waals surface area (Å²) in [6, 6.07) is 0.0278. The van der Waals surface area contributed by atoms with Gasteiger partial charge in [-0.2, -0.15) is 5.10 Å². The van der Waals surface area contributed by atoms with Crippen LogP contribution in [0.1, 0.15) is 45.1 Å². The van der Waals surface area contributed by atoms with Crippen molar-refractivity contribution in [1.29, 1.82) is 0 Å². The van der Waals surface area contributed by atoms with Crippen LogP contribution in [0.3, 0.4) is 0 Å². The van der Waals surface area contributed by atoms with Crippen LogP contribution < -0.4 is 10.6 Å². The second-order valence-corrected chi connectivity index (χ2v) is 6.37. The molecule has 21 heavy (non-hydrogen) atoms. The van der Waals surface area contributed by atoms with Gasteiger partial charge in [-0.15, -0.1) is 0 Å². The quantitative estimate of drug-likeness (QED) is 0.787. The van der Waals surface area contributed by atoms with Gasteiger partial charge in [-0.1, -0.05) is 19.8 Å². The second kappa shape index (κ2) is 6.47. The summed E-state index contributed by atoms with van der Waals surface area (Å²) in [5.74, 6) is 0.517. The van der Waals surface area contributed by atoms with Crippen molar-refractivity contribution in [3.63, 3.8) is 0 Å². The lowest BCUT2D eigenvalue weighted by Gasteiger charge is -2.30. The van der Waals surface area contributed by atoms with Crippen LogP contribution in [-0.4, -0.2) is 33.5 Å². The lowest BCUT2D eigenvalue weighted by atomic mass is 9.86. The first-order chi connectivity index (χ1) is 9.88. The maximum Gasteiger partial charge on any atom is 0.315 e. The van der Waals surface area contributed by atoms with E-state index in [9.17, 15) is 9.90 Å². The second-order valence-electron chi connectivity index (χ2n) is 6.37. The molecule has 6 heteroatoms. The fourth-order valence-corrected chi connectivity index (χ4v) is 2.80. The van der Waals surface area contributed by atoms with Crippen molar-refractivity contribution in [3.8, 4) is 0 Å². The van der Waals surface area contributed by atoms with E-state index in [0.717, 1.165) is 6.42 Å².